The number of ether oxygens (including phenoxy) is 1. The molecule has 0 amide bonds. The van der Waals surface area contributed by atoms with Crippen molar-refractivity contribution in [1.82, 2.24) is 5.32 Å². The fraction of sp³-hybridized carbons (Fsp3) is 0.500. The van der Waals surface area contributed by atoms with Crippen molar-refractivity contribution >= 4 is 16.6 Å². The highest BCUT2D eigenvalue weighted by Crippen LogP contribution is 2.28. The molecule has 30 heavy (non-hydrogen) atoms. The number of nitrogens with one attached hydrogen (secondary N) is 1. The van der Waals surface area contributed by atoms with Crippen molar-refractivity contribution in [3.63, 3.8) is 0 Å². The Morgan fingerprint density at radius 1 is 0.767 bits per heavy atom. The van der Waals surface area contributed by atoms with Crippen LogP contribution < -0.4 is 14.5 Å². The minimum absolute atomic E-state index is 0.0169. The van der Waals surface area contributed by atoms with Gasteiger partial charge in [-0.2, -0.15) is 0 Å². The van der Waals surface area contributed by atoms with Crippen molar-refractivity contribution in [3.05, 3.63) is 60.2 Å². The Labute approximate surface area is 185 Å². The minimum atomic E-state index is -1.74. The van der Waals surface area contributed by atoms with E-state index >= 15 is 0 Å². The molecule has 1 N–H and O–H groups in total. The lowest BCUT2D eigenvalue weighted by atomic mass is 10.0. The van der Waals surface area contributed by atoms with E-state index in [0.29, 0.717) is 6.61 Å². The van der Waals surface area contributed by atoms with Crippen LogP contribution in [0.25, 0.3) is 0 Å². The SMILES string of the molecule is CC(COc1ccccc1)NC(C)C(O[Si](C)(C)C)c1ccc(O[Si](C)(C)C)cc1. The fourth-order valence-electron chi connectivity index (χ4n) is 3.24. The minimum Gasteiger partial charge on any atom is -0.544 e. The highest BCUT2D eigenvalue weighted by molar-refractivity contribution is 6.70. The van der Waals surface area contributed by atoms with Gasteiger partial charge in [-0.3, -0.25) is 0 Å². The zero-order valence-electron chi connectivity index (χ0n) is 19.9. The Morgan fingerprint density at radius 2 is 1.37 bits per heavy atom. The van der Waals surface area contributed by atoms with Crippen LogP contribution >= 0.6 is 0 Å². The van der Waals surface area contributed by atoms with Gasteiger partial charge in [0.05, 0.1) is 6.10 Å². The molecule has 0 aromatic heterocycles. The molecule has 4 nitrogen and oxygen atoms in total. The molecule has 0 saturated carbocycles. The zero-order chi connectivity index (χ0) is 22.4. The first-order valence-corrected chi connectivity index (χ1v) is 17.7. The predicted molar refractivity (Wildman–Crippen MR) is 132 cm³/mol. The summed E-state index contributed by atoms with van der Waals surface area (Å²) in [5.41, 5.74) is 1.18. The van der Waals surface area contributed by atoms with Gasteiger partial charge >= 0.3 is 0 Å². The molecule has 166 valence electrons. The van der Waals surface area contributed by atoms with Gasteiger partial charge in [-0.1, -0.05) is 30.3 Å². The normalized spacial score (nSPS) is 15.3. The summed E-state index contributed by atoms with van der Waals surface area (Å²) >= 11 is 0. The summed E-state index contributed by atoms with van der Waals surface area (Å²) in [5, 5.41) is 3.67. The van der Waals surface area contributed by atoms with E-state index in [4.69, 9.17) is 13.6 Å². The Hall–Kier alpha value is -1.61. The largest absolute Gasteiger partial charge is 0.544 e. The van der Waals surface area contributed by atoms with Crippen LogP contribution in [-0.2, 0) is 4.43 Å². The van der Waals surface area contributed by atoms with Gasteiger partial charge in [-0.05, 0) is 83.0 Å². The Kier molecular flexibility index (Phi) is 8.73. The van der Waals surface area contributed by atoms with Gasteiger partial charge < -0.3 is 18.9 Å². The zero-order valence-corrected chi connectivity index (χ0v) is 21.9. The number of benzene rings is 2. The van der Waals surface area contributed by atoms with Crippen LogP contribution in [0.4, 0.5) is 0 Å². The summed E-state index contributed by atoms with van der Waals surface area (Å²) in [6.45, 7) is 18.2. The van der Waals surface area contributed by atoms with Gasteiger partial charge in [0, 0.05) is 12.1 Å². The first-order valence-electron chi connectivity index (χ1n) is 10.8. The van der Waals surface area contributed by atoms with Crippen molar-refractivity contribution in [3.8, 4) is 11.5 Å². The summed E-state index contributed by atoms with van der Waals surface area (Å²) in [5.74, 6) is 1.83. The maximum Gasteiger partial charge on any atom is 0.242 e. The number of hydrogen-bond donors (Lipinski definition) is 1. The average Bonchev–Trinajstić information content (AvgIpc) is 2.64. The summed E-state index contributed by atoms with van der Waals surface area (Å²) in [7, 11) is -3.35. The molecular formula is C24H39NO3Si2. The molecule has 3 unspecified atom stereocenters. The van der Waals surface area contributed by atoms with E-state index in [1.807, 2.05) is 30.3 Å². The first-order chi connectivity index (χ1) is 13.9. The van der Waals surface area contributed by atoms with Crippen molar-refractivity contribution in [2.75, 3.05) is 6.61 Å². The number of rotatable bonds is 11. The Bertz CT molecular complexity index is 755. The Morgan fingerprint density at radius 3 is 1.90 bits per heavy atom. The molecule has 0 bridgehead atoms. The molecule has 2 rings (SSSR count). The fourth-order valence-corrected chi connectivity index (χ4v) is 5.19. The van der Waals surface area contributed by atoms with Crippen LogP contribution in [0.1, 0.15) is 25.5 Å². The van der Waals surface area contributed by atoms with E-state index in [1.165, 1.54) is 5.56 Å². The van der Waals surface area contributed by atoms with E-state index in [9.17, 15) is 0 Å². The molecule has 0 saturated heterocycles. The van der Waals surface area contributed by atoms with E-state index in [2.05, 4.69) is 82.7 Å². The van der Waals surface area contributed by atoms with Crippen LogP contribution in [-0.4, -0.2) is 35.3 Å². The molecule has 6 heteroatoms. The second-order valence-corrected chi connectivity index (χ2v) is 18.8. The molecule has 0 spiro atoms. The molecule has 3 atom stereocenters. The van der Waals surface area contributed by atoms with Crippen LogP contribution in [0.5, 0.6) is 11.5 Å². The van der Waals surface area contributed by atoms with Gasteiger partial charge in [-0.15, -0.1) is 0 Å². The average molecular weight is 446 g/mol. The molecule has 2 aromatic carbocycles. The van der Waals surface area contributed by atoms with Crippen LogP contribution in [0.15, 0.2) is 54.6 Å². The smallest absolute Gasteiger partial charge is 0.242 e. The first kappa shape index (κ1) is 24.7. The van der Waals surface area contributed by atoms with Gasteiger partial charge in [0.15, 0.2) is 8.32 Å². The maximum absolute atomic E-state index is 6.59. The monoisotopic (exact) mass is 445 g/mol. The summed E-state index contributed by atoms with van der Waals surface area (Å²) in [6.07, 6.45) is -0.0169. The topological polar surface area (TPSA) is 39.7 Å². The van der Waals surface area contributed by atoms with Gasteiger partial charge in [0.2, 0.25) is 8.32 Å². The van der Waals surface area contributed by atoms with Crippen LogP contribution in [0, 0.1) is 0 Å². The second kappa shape index (κ2) is 10.6. The molecule has 0 aliphatic carbocycles. The van der Waals surface area contributed by atoms with E-state index in [1.54, 1.807) is 0 Å². The molecule has 0 aliphatic rings. The van der Waals surface area contributed by atoms with Crippen LogP contribution in [0.3, 0.4) is 0 Å². The van der Waals surface area contributed by atoms with Crippen LogP contribution in [0.2, 0.25) is 39.3 Å². The van der Waals surface area contributed by atoms with Gasteiger partial charge in [-0.25, -0.2) is 0 Å². The lowest BCUT2D eigenvalue weighted by molar-refractivity contribution is 0.140. The summed E-state index contributed by atoms with van der Waals surface area (Å²) < 4.78 is 18.6. The van der Waals surface area contributed by atoms with Crippen molar-refractivity contribution in [2.45, 2.75) is 71.3 Å². The molecule has 0 aliphatic heterocycles. The maximum atomic E-state index is 6.59. The quantitative estimate of drug-likeness (QED) is 0.416. The predicted octanol–water partition coefficient (Wildman–Crippen LogP) is 6.24. The summed E-state index contributed by atoms with van der Waals surface area (Å²) in [4.78, 5) is 0. The second-order valence-electron chi connectivity index (χ2n) is 9.91. The molecule has 2 aromatic rings. The van der Waals surface area contributed by atoms with E-state index in [-0.39, 0.29) is 18.2 Å². The third kappa shape index (κ3) is 9.04. The Balaban J connectivity index is 2.05. The molecule has 0 radical (unpaired) electrons. The lowest BCUT2D eigenvalue weighted by Gasteiger charge is -2.33. The van der Waals surface area contributed by atoms with Gasteiger partial charge in [0.25, 0.3) is 0 Å². The van der Waals surface area contributed by atoms with Crippen molar-refractivity contribution < 1.29 is 13.6 Å². The third-order valence-electron chi connectivity index (χ3n) is 4.36. The highest BCUT2D eigenvalue weighted by atomic mass is 28.4. The number of para-hydroxylation sites is 1. The molecule has 0 fully saturated rings. The summed E-state index contributed by atoms with van der Waals surface area (Å²) in [6, 6.07) is 18.7. The van der Waals surface area contributed by atoms with Crippen molar-refractivity contribution in [1.29, 1.82) is 0 Å². The van der Waals surface area contributed by atoms with E-state index in [0.717, 1.165) is 11.5 Å². The molecular weight excluding hydrogens is 406 g/mol. The number of hydrogen-bond acceptors (Lipinski definition) is 4. The van der Waals surface area contributed by atoms with Crippen molar-refractivity contribution in [2.24, 2.45) is 0 Å². The van der Waals surface area contributed by atoms with Gasteiger partial charge in [0.1, 0.15) is 18.1 Å². The highest BCUT2D eigenvalue weighted by Gasteiger charge is 2.28. The lowest BCUT2D eigenvalue weighted by Crippen LogP contribution is -2.44. The standard InChI is InChI=1S/C24H39NO3Si2/c1-19(18-26-22-12-10-9-11-13-22)25-20(2)24(28-30(6,7)8)21-14-16-23(17-15-21)27-29(3,4)5/h9-17,19-20,24-25H,18H2,1-8H3. The van der Waals surface area contributed by atoms with E-state index < -0.39 is 16.6 Å². The third-order valence-corrected chi connectivity index (χ3v) is 6.17. The molecule has 0 heterocycles.